The fraction of sp³-hybridized carbons (Fsp3) is 0.542. The van der Waals surface area contributed by atoms with E-state index in [1.807, 2.05) is 13.8 Å². The predicted octanol–water partition coefficient (Wildman–Crippen LogP) is 7.37. The number of benzene rings is 1. The molecule has 0 aromatic heterocycles. The van der Waals surface area contributed by atoms with Gasteiger partial charge in [0.1, 0.15) is 19.4 Å². The smallest absolute Gasteiger partial charge is 0.416 e. The minimum atomic E-state index is -4.36. The minimum absolute atomic E-state index is 0.321. The van der Waals surface area contributed by atoms with Crippen LogP contribution in [0.1, 0.15) is 66.5 Å². The summed E-state index contributed by atoms with van der Waals surface area (Å²) in [7, 11) is -1.86. The Labute approximate surface area is 179 Å². The minimum Gasteiger partial charge on any atom is -0.440 e. The molecule has 2 rings (SSSR count). The summed E-state index contributed by atoms with van der Waals surface area (Å²) in [6.45, 7) is 17.4. The highest BCUT2D eigenvalue weighted by Gasteiger charge is 2.42. The summed E-state index contributed by atoms with van der Waals surface area (Å²) in [4.78, 5) is 4.57. The van der Waals surface area contributed by atoms with E-state index in [-0.39, 0.29) is 0 Å². The quantitative estimate of drug-likeness (QED) is 0.357. The number of ether oxygens (including phenoxy) is 1. The molecule has 0 radical (unpaired) electrons. The average molecular weight is 436 g/mol. The van der Waals surface area contributed by atoms with Crippen LogP contribution in [-0.2, 0) is 10.9 Å². The Kier molecular flexibility index (Phi) is 6.98. The normalized spacial score (nSPS) is 17.9. The first-order valence-electron chi connectivity index (χ1n) is 10.4. The summed E-state index contributed by atoms with van der Waals surface area (Å²) in [5, 5.41) is 0. The molecule has 0 saturated carbocycles. The van der Waals surface area contributed by atoms with Crippen molar-refractivity contribution in [3.05, 3.63) is 47.2 Å². The van der Waals surface area contributed by atoms with E-state index in [0.29, 0.717) is 33.8 Å². The molecule has 0 aliphatic carbocycles. The predicted molar refractivity (Wildman–Crippen MR) is 120 cm³/mol. The van der Waals surface area contributed by atoms with E-state index in [9.17, 15) is 13.2 Å². The van der Waals surface area contributed by atoms with Gasteiger partial charge in [-0.1, -0.05) is 47.5 Å². The molecule has 1 aliphatic heterocycles. The highest BCUT2D eigenvalue weighted by molar-refractivity contribution is 6.90. The van der Waals surface area contributed by atoms with Crippen LogP contribution in [0.4, 0.5) is 13.2 Å². The number of allylic oxidation sites excluding steroid dienone is 1. The fourth-order valence-electron chi connectivity index (χ4n) is 4.35. The molecule has 0 bridgehead atoms. The van der Waals surface area contributed by atoms with E-state index in [4.69, 9.17) is 4.74 Å². The highest BCUT2D eigenvalue weighted by Crippen LogP contribution is 2.41. The SMILES string of the molecule is CC(C)[Si](C#C/C=C1/OC(c2ccc(C(F)(F)F)cc2)=NC1(C)C)(C(C)C)C(C)C. The highest BCUT2D eigenvalue weighted by atomic mass is 28.3. The maximum Gasteiger partial charge on any atom is 0.416 e. The third-order valence-corrected chi connectivity index (χ3v) is 12.3. The molecule has 1 aliphatic rings. The van der Waals surface area contributed by atoms with Crippen molar-refractivity contribution in [2.45, 2.75) is 83.7 Å². The summed E-state index contributed by atoms with van der Waals surface area (Å²) in [5.74, 6) is 4.21. The zero-order valence-corrected chi connectivity index (χ0v) is 20.1. The lowest BCUT2D eigenvalue weighted by molar-refractivity contribution is -0.137. The number of hydrogen-bond acceptors (Lipinski definition) is 2. The number of aliphatic imine (C=N–C) groups is 1. The number of rotatable bonds is 4. The van der Waals surface area contributed by atoms with Gasteiger partial charge in [-0.25, -0.2) is 4.99 Å². The van der Waals surface area contributed by atoms with Gasteiger partial charge in [-0.05, 0) is 54.7 Å². The van der Waals surface area contributed by atoms with Gasteiger partial charge in [0.05, 0.1) is 5.56 Å². The Morgan fingerprint density at radius 2 is 1.47 bits per heavy atom. The topological polar surface area (TPSA) is 21.6 Å². The molecule has 1 heterocycles. The van der Waals surface area contributed by atoms with Crippen molar-refractivity contribution in [2.75, 3.05) is 0 Å². The molecule has 2 nitrogen and oxygen atoms in total. The van der Waals surface area contributed by atoms with E-state index >= 15 is 0 Å². The van der Waals surface area contributed by atoms with Crippen LogP contribution in [0.2, 0.25) is 16.6 Å². The maximum atomic E-state index is 12.8. The molecule has 0 saturated heterocycles. The van der Waals surface area contributed by atoms with E-state index < -0.39 is 25.4 Å². The second-order valence-electron chi connectivity index (χ2n) is 9.33. The molecule has 6 heteroatoms. The van der Waals surface area contributed by atoms with Crippen molar-refractivity contribution in [1.82, 2.24) is 0 Å². The maximum absolute atomic E-state index is 12.8. The Morgan fingerprint density at radius 1 is 0.967 bits per heavy atom. The van der Waals surface area contributed by atoms with Crippen LogP contribution in [0.25, 0.3) is 0 Å². The fourth-order valence-corrected chi connectivity index (χ4v) is 9.54. The van der Waals surface area contributed by atoms with Crippen LogP contribution >= 0.6 is 0 Å². The summed E-state index contributed by atoms with van der Waals surface area (Å²) in [5.41, 5.74) is 4.42. The molecular weight excluding hydrogens is 403 g/mol. The molecule has 30 heavy (non-hydrogen) atoms. The molecule has 1 aromatic carbocycles. The molecule has 0 atom stereocenters. The number of nitrogens with zero attached hydrogens (tertiary/aromatic N) is 1. The molecule has 0 amide bonds. The van der Waals surface area contributed by atoms with Crippen LogP contribution in [0, 0.1) is 11.5 Å². The lowest BCUT2D eigenvalue weighted by atomic mass is 10.0. The summed E-state index contributed by atoms with van der Waals surface area (Å²) >= 11 is 0. The first kappa shape index (κ1) is 24.3. The molecule has 0 N–H and O–H groups in total. The first-order valence-corrected chi connectivity index (χ1v) is 12.6. The average Bonchev–Trinajstić information content (AvgIpc) is 2.91. The Bertz CT molecular complexity index is 860. The Morgan fingerprint density at radius 3 is 1.90 bits per heavy atom. The molecule has 0 unspecified atom stereocenters. The van der Waals surface area contributed by atoms with Crippen LogP contribution < -0.4 is 0 Å². The largest absolute Gasteiger partial charge is 0.440 e. The number of halogens is 3. The van der Waals surface area contributed by atoms with E-state index in [0.717, 1.165) is 12.1 Å². The number of hydrogen-bond donors (Lipinski definition) is 0. The van der Waals surface area contributed by atoms with E-state index in [1.54, 1.807) is 6.08 Å². The van der Waals surface area contributed by atoms with Crippen molar-refractivity contribution in [2.24, 2.45) is 4.99 Å². The monoisotopic (exact) mass is 435 g/mol. The van der Waals surface area contributed by atoms with Crippen molar-refractivity contribution < 1.29 is 17.9 Å². The standard InChI is InChI=1S/C24H32F3NOSi/c1-16(2)30(17(3)4,18(5)6)15-9-10-21-23(7,8)28-22(29-21)19-11-13-20(14-12-19)24(25,26)27/h10-14,16-18H,1-8H3/b21-10+. The van der Waals surface area contributed by atoms with E-state index in [1.165, 1.54) is 12.1 Å². The summed E-state index contributed by atoms with van der Waals surface area (Å²) < 4.78 is 44.3. The van der Waals surface area contributed by atoms with Gasteiger partial charge in [-0.3, -0.25) is 0 Å². The molecule has 1 aromatic rings. The van der Waals surface area contributed by atoms with Gasteiger partial charge in [0.25, 0.3) is 0 Å². The lowest BCUT2D eigenvalue weighted by Crippen LogP contribution is -2.43. The van der Waals surface area contributed by atoms with Gasteiger partial charge < -0.3 is 4.74 Å². The van der Waals surface area contributed by atoms with E-state index in [2.05, 4.69) is 58.0 Å². The summed E-state index contributed by atoms with van der Waals surface area (Å²) in [6.07, 6.45) is -2.58. The van der Waals surface area contributed by atoms with Gasteiger partial charge in [-0.15, -0.1) is 5.54 Å². The first-order chi connectivity index (χ1) is 13.7. The Balaban J connectivity index is 2.33. The van der Waals surface area contributed by atoms with Crippen molar-refractivity contribution >= 4 is 14.0 Å². The van der Waals surface area contributed by atoms with Gasteiger partial charge in [0.15, 0.2) is 0 Å². The van der Waals surface area contributed by atoms with Crippen molar-refractivity contribution in [1.29, 1.82) is 0 Å². The second-order valence-corrected chi connectivity index (χ2v) is 14.9. The van der Waals surface area contributed by atoms with Gasteiger partial charge in [0.2, 0.25) is 5.90 Å². The zero-order valence-electron chi connectivity index (χ0n) is 19.1. The second kappa shape index (κ2) is 8.62. The van der Waals surface area contributed by atoms with Crippen LogP contribution in [0.15, 0.2) is 41.1 Å². The molecular formula is C24H32F3NOSi. The molecule has 164 valence electrons. The molecule has 0 fully saturated rings. The third kappa shape index (κ3) is 4.83. The van der Waals surface area contributed by atoms with Crippen molar-refractivity contribution in [3.63, 3.8) is 0 Å². The van der Waals surface area contributed by atoms with Crippen LogP contribution in [-0.4, -0.2) is 19.5 Å². The lowest BCUT2D eigenvalue weighted by Gasteiger charge is -2.38. The Hall–Kier alpha value is -2.00. The number of alkyl halides is 3. The van der Waals surface area contributed by atoms with Gasteiger partial charge in [0, 0.05) is 11.6 Å². The van der Waals surface area contributed by atoms with Crippen LogP contribution in [0.3, 0.4) is 0 Å². The van der Waals surface area contributed by atoms with Crippen molar-refractivity contribution in [3.8, 4) is 11.5 Å². The third-order valence-electron chi connectivity index (χ3n) is 6.01. The zero-order chi connectivity index (χ0) is 22.9. The molecule has 0 spiro atoms. The van der Waals surface area contributed by atoms with Gasteiger partial charge in [-0.2, -0.15) is 13.2 Å². The summed E-state index contributed by atoms with van der Waals surface area (Å²) in [6, 6.07) is 4.87. The van der Waals surface area contributed by atoms with Crippen LogP contribution in [0.5, 0.6) is 0 Å². The van der Waals surface area contributed by atoms with Gasteiger partial charge >= 0.3 is 6.18 Å².